The highest BCUT2D eigenvalue weighted by Crippen LogP contribution is 2.43. The molecule has 64 heavy (non-hydrogen) atoms. The smallest absolute Gasteiger partial charge is 0.155 e. The van der Waals surface area contributed by atoms with Crippen LogP contribution in [0.15, 0.2) is 241 Å². The largest absolute Gasteiger partial charge is 0.310 e. The van der Waals surface area contributed by atoms with Crippen LogP contribution in [0.1, 0.15) is 42.0 Å². The van der Waals surface area contributed by atoms with Crippen molar-refractivity contribution in [1.29, 1.82) is 0 Å². The van der Waals surface area contributed by atoms with Gasteiger partial charge in [-0.1, -0.05) is 182 Å². The van der Waals surface area contributed by atoms with Crippen LogP contribution in [0.4, 0.5) is 17.1 Å². The van der Waals surface area contributed by atoms with Gasteiger partial charge in [-0.2, -0.15) is 0 Å². The van der Waals surface area contributed by atoms with Crippen LogP contribution >= 0.6 is 11.3 Å². The molecule has 11 rings (SSSR count). The SMILES string of the molecule is c1ccc(-c2ccc(N(c3ccc(-c4ccccc4)cc3)c3ccc4c(c3)sc3cccc(C5=NC(c6cccc(-c7ccccc7)c6)=NC(c6ccccc6)CCC5)c34)cc2)cc1. The monoisotopic (exact) mass is 839 g/mol. The second kappa shape index (κ2) is 17.6. The Morgan fingerprint density at radius 3 is 1.56 bits per heavy atom. The summed E-state index contributed by atoms with van der Waals surface area (Å²) in [7, 11) is 0. The van der Waals surface area contributed by atoms with Gasteiger partial charge in [-0.25, -0.2) is 4.99 Å². The molecular weight excluding hydrogens is 795 g/mol. The summed E-state index contributed by atoms with van der Waals surface area (Å²) in [6.45, 7) is 0. The Morgan fingerprint density at radius 2 is 0.938 bits per heavy atom. The number of hydrogen-bond acceptors (Lipinski definition) is 4. The third kappa shape index (κ3) is 7.96. The Balaban J connectivity index is 1.01. The van der Waals surface area contributed by atoms with Crippen molar-refractivity contribution in [1.82, 2.24) is 0 Å². The van der Waals surface area contributed by atoms with E-state index in [1.807, 2.05) is 11.3 Å². The number of aliphatic imine (C=N–C) groups is 2. The van der Waals surface area contributed by atoms with Crippen LogP contribution < -0.4 is 4.90 Å². The molecule has 1 atom stereocenters. The van der Waals surface area contributed by atoms with E-state index in [-0.39, 0.29) is 6.04 Å². The van der Waals surface area contributed by atoms with Gasteiger partial charge in [0.15, 0.2) is 5.84 Å². The fraction of sp³-hybridized carbons (Fsp3) is 0.0667. The molecule has 9 aromatic carbocycles. The van der Waals surface area contributed by atoms with Gasteiger partial charge >= 0.3 is 0 Å². The van der Waals surface area contributed by atoms with Crippen LogP contribution in [-0.2, 0) is 0 Å². The average Bonchev–Trinajstić information content (AvgIpc) is 3.74. The fourth-order valence-electron chi connectivity index (χ4n) is 9.11. The van der Waals surface area contributed by atoms with Gasteiger partial charge in [0, 0.05) is 48.4 Å². The lowest BCUT2D eigenvalue weighted by Crippen LogP contribution is -2.13. The molecule has 0 fully saturated rings. The lowest BCUT2D eigenvalue weighted by atomic mass is 9.94. The van der Waals surface area contributed by atoms with Gasteiger partial charge in [-0.3, -0.25) is 4.99 Å². The molecule has 1 unspecified atom stereocenters. The van der Waals surface area contributed by atoms with E-state index >= 15 is 0 Å². The molecular formula is C60H45N3S. The summed E-state index contributed by atoms with van der Waals surface area (Å²) in [5.41, 5.74) is 15.0. The summed E-state index contributed by atoms with van der Waals surface area (Å²) < 4.78 is 2.50. The van der Waals surface area contributed by atoms with Crippen LogP contribution in [0.3, 0.4) is 0 Å². The molecule has 0 bridgehead atoms. The first-order chi connectivity index (χ1) is 31.7. The number of anilines is 3. The van der Waals surface area contributed by atoms with Gasteiger partial charge in [-0.05, 0) is 107 Å². The molecule has 1 aliphatic heterocycles. The molecule has 0 N–H and O–H groups in total. The minimum absolute atomic E-state index is 0.0325. The number of rotatable bonds is 9. The summed E-state index contributed by atoms with van der Waals surface area (Å²) in [5.74, 6) is 0.785. The van der Waals surface area contributed by atoms with E-state index in [0.717, 1.165) is 59.0 Å². The Morgan fingerprint density at radius 1 is 0.422 bits per heavy atom. The molecule has 0 spiro atoms. The molecule has 0 radical (unpaired) electrons. The zero-order valence-corrected chi connectivity index (χ0v) is 36.2. The first-order valence-electron chi connectivity index (χ1n) is 22.1. The molecule has 10 aromatic rings. The molecule has 0 amide bonds. The zero-order valence-electron chi connectivity index (χ0n) is 35.4. The van der Waals surface area contributed by atoms with Crippen molar-refractivity contribution >= 4 is 60.1 Å². The van der Waals surface area contributed by atoms with Gasteiger partial charge < -0.3 is 4.90 Å². The van der Waals surface area contributed by atoms with Crippen LogP contribution in [-0.4, -0.2) is 11.5 Å². The topological polar surface area (TPSA) is 28.0 Å². The fourth-order valence-corrected chi connectivity index (χ4v) is 10.3. The number of thiophene rings is 1. The summed E-state index contributed by atoms with van der Waals surface area (Å²) in [6, 6.07) is 82.8. The van der Waals surface area contributed by atoms with E-state index in [9.17, 15) is 0 Å². The van der Waals surface area contributed by atoms with E-state index in [4.69, 9.17) is 9.98 Å². The highest BCUT2D eigenvalue weighted by molar-refractivity contribution is 7.26. The van der Waals surface area contributed by atoms with Gasteiger partial charge in [0.25, 0.3) is 0 Å². The second-order valence-corrected chi connectivity index (χ2v) is 17.5. The highest BCUT2D eigenvalue weighted by atomic mass is 32.1. The summed E-state index contributed by atoms with van der Waals surface area (Å²) in [5, 5.41) is 2.51. The molecule has 3 nitrogen and oxygen atoms in total. The Labute approximate surface area is 379 Å². The zero-order chi connectivity index (χ0) is 42.7. The van der Waals surface area contributed by atoms with E-state index in [2.05, 4.69) is 235 Å². The number of nitrogens with zero attached hydrogens (tertiary/aromatic N) is 3. The summed E-state index contributed by atoms with van der Waals surface area (Å²) >= 11 is 1.85. The van der Waals surface area contributed by atoms with Crippen LogP contribution in [0.5, 0.6) is 0 Å². The normalized spacial score (nSPS) is 14.1. The van der Waals surface area contributed by atoms with Gasteiger partial charge in [0.2, 0.25) is 0 Å². The molecule has 306 valence electrons. The lowest BCUT2D eigenvalue weighted by Gasteiger charge is -2.26. The lowest BCUT2D eigenvalue weighted by molar-refractivity contribution is 0.622. The Hall–Kier alpha value is -7.66. The second-order valence-electron chi connectivity index (χ2n) is 16.4. The maximum Gasteiger partial charge on any atom is 0.155 e. The standard InChI is InChI=1S/C60H45N3S/c1-5-16-42(17-6-1)45-30-34-50(35-31-45)63(51-36-32-46(33-37-51)43-18-7-2-8-19-43)52-38-39-54-58(41-52)64-57-29-14-26-53(59(54)57)56-28-15-27-55(47-22-11-4-12-23-47)61-60(62-56)49-25-13-24-48(40-49)44-20-9-3-10-21-44/h1-14,16-26,29-41,55H,15,27-28H2. The molecule has 0 saturated carbocycles. The van der Waals surface area contributed by atoms with Gasteiger partial charge in [-0.15, -0.1) is 11.3 Å². The Bertz CT molecular complexity index is 3180. The van der Waals surface area contributed by atoms with Crippen molar-refractivity contribution in [3.05, 3.63) is 247 Å². The molecule has 4 heteroatoms. The summed E-state index contributed by atoms with van der Waals surface area (Å²) in [6.07, 6.45) is 2.80. The summed E-state index contributed by atoms with van der Waals surface area (Å²) in [4.78, 5) is 13.4. The van der Waals surface area contributed by atoms with Gasteiger partial charge in [0.1, 0.15) is 0 Å². The van der Waals surface area contributed by atoms with E-state index in [0.29, 0.717) is 0 Å². The maximum absolute atomic E-state index is 5.57. The van der Waals surface area contributed by atoms with Crippen molar-refractivity contribution in [3.8, 4) is 33.4 Å². The third-order valence-electron chi connectivity index (χ3n) is 12.3. The molecule has 0 aliphatic carbocycles. The van der Waals surface area contributed by atoms with Crippen molar-refractivity contribution < 1.29 is 0 Å². The van der Waals surface area contributed by atoms with E-state index in [1.54, 1.807) is 0 Å². The van der Waals surface area contributed by atoms with Gasteiger partial charge in [0.05, 0.1) is 11.8 Å². The quantitative estimate of drug-likeness (QED) is 0.142. The predicted octanol–water partition coefficient (Wildman–Crippen LogP) is 16.7. The first kappa shape index (κ1) is 39.2. The molecule has 0 saturated heterocycles. The Kier molecular flexibility index (Phi) is 10.8. The van der Waals surface area contributed by atoms with E-state index in [1.165, 1.54) is 59.1 Å². The average molecular weight is 840 g/mol. The van der Waals surface area contributed by atoms with Crippen molar-refractivity contribution in [2.24, 2.45) is 9.98 Å². The van der Waals surface area contributed by atoms with Crippen LogP contribution in [0, 0.1) is 0 Å². The van der Waals surface area contributed by atoms with Crippen LogP contribution in [0.25, 0.3) is 53.6 Å². The molecule has 2 heterocycles. The van der Waals surface area contributed by atoms with Crippen molar-refractivity contribution in [3.63, 3.8) is 0 Å². The van der Waals surface area contributed by atoms with Crippen molar-refractivity contribution in [2.75, 3.05) is 4.90 Å². The molecule has 1 aromatic heterocycles. The minimum Gasteiger partial charge on any atom is -0.310 e. The highest BCUT2D eigenvalue weighted by Gasteiger charge is 2.22. The molecule has 1 aliphatic rings. The minimum atomic E-state index is 0.0325. The number of fused-ring (bicyclic) bond motifs is 3. The number of benzene rings is 9. The maximum atomic E-state index is 5.57. The third-order valence-corrected chi connectivity index (χ3v) is 13.5. The van der Waals surface area contributed by atoms with E-state index < -0.39 is 0 Å². The number of hydrogen-bond donors (Lipinski definition) is 0. The number of amidine groups is 1. The van der Waals surface area contributed by atoms with Crippen molar-refractivity contribution in [2.45, 2.75) is 25.3 Å². The van der Waals surface area contributed by atoms with Crippen LogP contribution in [0.2, 0.25) is 0 Å². The first-order valence-corrected chi connectivity index (χ1v) is 23.0. The predicted molar refractivity (Wildman–Crippen MR) is 273 cm³/mol.